The lowest BCUT2D eigenvalue weighted by atomic mass is 10.2. The van der Waals surface area contributed by atoms with E-state index in [1.807, 2.05) is 23.6 Å². The standard InChI is InChI=1S/C15H13N3O2S/c19-15(17-7-5-12-4-2-8-21-12)13-9-14(20-18-13)11-3-1-6-16-10-11/h1-4,6,8-10H,5,7H2,(H,17,19). The number of rotatable bonds is 5. The van der Waals surface area contributed by atoms with Gasteiger partial charge >= 0.3 is 0 Å². The molecule has 1 N–H and O–H groups in total. The van der Waals surface area contributed by atoms with Crippen molar-refractivity contribution in [2.45, 2.75) is 6.42 Å². The van der Waals surface area contributed by atoms with Crippen LogP contribution in [0.5, 0.6) is 0 Å². The van der Waals surface area contributed by atoms with Crippen LogP contribution in [0.2, 0.25) is 0 Å². The second-order valence-corrected chi connectivity index (χ2v) is 5.44. The predicted octanol–water partition coefficient (Wildman–Crippen LogP) is 2.77. The first-order valence-corrected chi connectivity index (χ1v) is 7.38. The molecule has 0 aromatic carbocycles. The highest BCUT2D eigenvalue weighted by molar-refractivity contribution is 7.09. The number of nitrogens with zero attached hydrogens (tertiary/aromatic N) is 2. The Balaban J connectivity index is 1.59. The van der Waals surface area contributed by atoms with Gasteiger partial charge in [0, 0.05) is 35.4 Å². The van der Waals surface area contributed by atoms with Crippen LogP contribution in [-0.2, 0) is 6.42 Å². The Morgan fingerprint density at radius 3 is 3.05 bits per heavy atom. The number of nitrogens with one attached hydrogen (secondary N) is 1. The monoisotopic (exact) mass is 299 g/mol. The number of carbonyl (C=O) groups is 1. The first kappa shape index (κ1) is 13.5. The molecule has 0 aliphatic heterocycles. The van der Waals surface area contributed by atoms with Crippen LogP contribution in [0.15, 0.2) is 52.6 Å². The first-order valence-electron chi connectivity index (χ1n) is 6.50. The minimum Gasteiger partial charge on any atom is -0.355 e. The third kappa shape index (κ3) is 3.35. The molecule has 0 spiro atoms. The summed E-state index contributed by atoms with van der Waals surface area (Å²) in [5.74, 6) is 0.303. The Labute approximate surface area is 125 Å². The van der Waals surface area contributed by atoms with Crippen molar-refractivity contribution in [3.63, 3.8) is 0 Å². The minimum absolute atomic E-state index is 0.231. The average molecular weight is 299 g/mol. The third-order valence-electron chi connectivity index (χ3n) is 2.93. The Morgan fingerprint density at radius 1 is 1.33 bits per heavy atom. The summed E-state index contributed by atoms with van der Waals surface area (Å²) < 4.78 is 5.18. The van der Waals surface area contributed by atoms with E-state index in [0.717, 1.165) is 12.0 Å². The van der Waals surface area contributed by atoms with E-state index < -0.39 is 0 Å². The molecule has 6 heteroatoms. The summed E-state index contributed by atoms with van der Waals surface area (Å²) in [7, 11) is 0. The lowest BCUT2D eigenvalue weighted by Crippen LogP contribution is -2.25. The van der Waals surface area contributed by atoms with Crippen LogP contribution in [-0.4, -0.2) is 22.6 Å². The van der Waals surface area contributed by atoms with Crippen molar-refractivity contribution in [1.82, 2.24) is 15.5 Å². The number of amides is 1. The predicted molar refractivity (Wildman–Crippen MR) is 80.1 cm³/mol. The van der Waals surface area contributed by atoms with Gasteiger partial charge in [0.2, 0.25) is 0 Å². The van der Waals surface area contributed by atoms with Crippen molar-refractivity contribution in [3.8, 4) is 11.3 Å². The number of hydrogen-bond donors (Lipinski definition) is 1. The van der Waals surface area contributed by atoms with E-state index in [-0.39, 0.29) is 11.6 Å². The van der Waals surface area contributed by atoms with Gasteiger partial charge in [0.25, 0.3) is 5.91 Å². The van der Waals surface area contributed by atoms with Gasteiger partial charge in [0.05, 0.1) is 0 Å². The molecule has 0 aliphatic rings. The van der Waals surface area contributed by atoms with Crippen molar-refractivity contribution in [1.29, 1.82) is 0 Å². The molecule has 1 amide bonds. The molecule has 0 unspecified atom stereocenters. The van der Waals surface area contributed by atoms with Crippen LogP contribution in [0.1, 0.15) is 15.4 Å². The van der Waals surface area contributed by atoms with Crippen LogP contribution in [0, 0.1) is 0 Å². The Bertz CT molecular complexity index is 708. The molecule has 3 aromatic rings. The molecule has 0 radical (unpaired) electrons. The number of thiophene rings is 1. The quantitative estimate of drug-likeness (QED) is 0.786. The highest BCUT2D eigenvalue weighted by Gasteiger charge is 2.13. The zero-order valence-corrected chi connectivity index (χ0v) is 12.0. The van der Waals surface area contributed by atoms with E-state index in [9.17, 15) is 4.79 Å². The van der Waals surface area contributed by atoms with Crippen LogP contribution in [0.25, 0.3) is 11.3 Å². The highest BCUT2D eigenvalue weighted by Crippen LogP contribution is 2.18. The van der Waals surface area contributed by atoms with Gasteiger partial charge in [-0.3, -0.25) is 9.78 Å². The average Bonchev–Trinajstić information content (AvgIpc) is 3.20. The lowest BCUT2D eigenvalue weighted by Gasteiger charge is -2.00. The van der Waals surface area contributed by atoms with Gasteiger partial charge in [0.1, 0.15) is 0 Å². The van der Waals surface area contributed by atoms with E-state index in [4.69, 9.17) is 4.52 Å². The van der Waals surface area contributed by atoms with Crippen LogP contribution in [0.3, 0.4) is 0 Å². The van der Waals surface area contributed by atoms with Crippen molar-refractivity contribution in [2.24, 2.45) is 0 Å². The Morgan fingerprint density at radius 2 is 2.29 bits per heavy atom. The molecule has 0 aliphatic carbocycles. The number of carbonyl (C=O) groups excluding carboxylic acids is 1. The zero-order chi connectivity index (χ0) is 14.5. The largest absolute Gasteiger partial charge is 0.355 e. The van der Waals surface area contributed by atoms with E-state index in [0.29, 0.717) is 12.3 Å². The van der Waals surface area contributed by atoms with Crippen molar-refractivity contribution in [2.75, 3.05) is 6.54 Å². The third-order valence-corrected chi connectivity index (χ3v) is 3.86. The summed E-state index contributed by atoms with van der Waals surface area (Å²) in [5.41, 5.74) is 1.07. The topological polar surface area (TPSA) is 68.0 Å². The Kier molecular flexibility index (Phi) is 4.07. The summed E-state index contributed by atoms with van der Waals surface area (Å²) >= 11 is 1.68. The van der Waals surface area contributed by atoms with E-state index >= 15 is 0 Å². The second kappa shape index (κ2) is 6.32. The fourth-order valence-electron chi connectivity index (χ4n) is 1.87. The van der Waals surface area contributed by atoms with Crippen LogP contribution < -0.4 is 5.32 Å². The smallest absolute Gasteiger partial charge is 0.273 e. The van der Waals surface area contributed by atoms with Gasteiger partial charge in [-0.05, 0) is 30.0 Å². The summed E-state index contributed by atoms with van der Waals surface area (Å²) in [4.78, 5) is 17.2. The van der Waals surface area contributed by atoms with Gasteiger partial charge in [-0.25, -0.2) is 0 Å². The molecule has 0 fully saturated rings. The number of aromatic nitrogens is 2. The van der Waals surface area contributed by atoms with Crippen LogP contribution in [0.4, 0.5) is 0 Å². The molecule has 5 nitrogen and oxygen atoms in total. The van der Waals surface area contributed by atoms with Crippen molar-refractivity contribution >= 4 is 17.2 Å². The first-order chi connectivity index (χ1) is 10.3. The Hall–Kier alpha value is -2.47. The van der Waals surface area contributed by atoms with Gasteiger partial charge in [0.15, 0.2) is 11.5 Å². The highest BCUT2D eigenvalue weighted by atomic mass is 32.1. The van der Waals surface area contributed by atoms with Crippen molar-refractivity contribution in [3.05, 3.63) is 58.7 Å². The molecule has 3 rings (SSSR count). The molecule has 21 heavy (non-hydrogen) atoms. The summed E-state index contributed by atoms with van der Waals surface area (Å²) in [6, 6.07) is 9.33. The molecule has 0 atom stereocenters. The maximum atomic E-state index is 12.0. The van der Waals surface area contributed by atoms with Gasteiger partial charge in [-0.2, -0.15) is 0 Å². The summed E-state index contributed by atoms with van der Waals surface area (Å²) in [6.07, 6.45) is 4.16. The van der Waals surface area contributed by atoms with Gasteiger partial charge < -0.3 is 9.84 Å². The molecule has 0 saturated heterocycles. The minimum atomic E-state index is -0.231. The molecular weight excluding hydrogens is 286 g/mol. The maximum Gasteiger partial charge on any atom is 0.273 e. The SMILES string of the molecule is O=C(NCCc1cccs1)c1cc(-c2cccnc2)on1. The maximum absolute atomic E-state index is 12.0. The molecule has 0 saturated carbocycles. The van der Waals surface area contributed by atoms with Crippen molar-refractivity contribution < 1.29 is 9.32 Å². The van der Waals surface area contributed by atoms with Gasteiger partial charge in [-0.1, -0.05) is 11.2 Å². The van der Waals surface area contributed by atoms with E-state index in [1.165, 1.54) is 4.88 Å². The van der Waals surface area contributed by atoms with Crippen LogP contribution >= 0.6 is 11.3 Å². The molecule has 0 bridgehead atoms. The zero-order valence-electron chi connectivity index (χ0n) is 11.2. The molecule has 3 aromatic heterocycles. The summed E-state index contributed by atoms with van der Waals surface area (Å²) in [6.45, 7) is 0.578. The van der Waals surface area contributed by atoms with Gasteiger partial charge in [-0.15, -0.1) is 11.3 Å². The number of hydrogen-bond acceptors (Lipinski definition) is 5. The molecule has 106 valence electrons. The second-order valence-electron chi connectivity index (χ2n) is 4.40. The molecule has 3 heterocycles. The fraction of sp³-hybridized carbons (Fsp3) is 0.133. The van der Waals surface area contributed by atoms with E-state index in [2.05, 4.69) is 15.5 Å². The van der Waals surface area contributed by atoms with E-state index in [1.54, 1.807) is 35.9 Å². The molecular formula is C15H13N3O2S. The lowest BCUT2D eigenvalue weighted by molar-refractivity contribution is 0.0945. The normalized spacial score (nSPS) is 10.5. The number of pyridine rings is 1. The fourth-order valence-corrected chi connectivity index (χ4v) is 2.58. The summed E-state index contributed by atoms with van der Waals surface area (Å²) in [5, 5.41) is 8.65.